The number of piperidine rings is 1. The van der Waals surface area contributed by atoms with Gasteiger partial charge in [0.15, 0.2) is 5.82 Å². The monoisotopic (exact) mass is 557 g/mol. The van der Waals surface area contributed by atoms with Crippen LogP contribution in [0.2, 0.25) is 0 Å². The van der Waals surface area contributed by atoms with Gasteiger partial charge in [-0.25, -0.2) is 4.98 Å². The van der Waals surface area contributed by atoms with Crippen molar-refractivity contribution >= 4 is 35.0 Å². The Morgan fingerprint density at radius 3 is 2.60 bits per heavy atom. The second-order valence-corrected chi connectivity index (χ2v) is 11.6. The molecule has 0 bridgehead atoms. The van der Waals surface area contributed by atoms with Crippen LogP contribution in [0, 0.1) is 11.3 Å². The van der Waals surface area contributed by atoms with E-state index in [2.05, 4.69) is 20.6 Å². The zero-order chi connectivity index (χ0) is 28.8. The van der Waals surface area contributed by atoms with Crippen LogP contribution < -0.4 is 30.9 Å². The Hall–Kier alpha value is -3.54. The van der Waals surface area contributed by atoms with Gasteiger partial charge in [0.2, 0.25) is 11.9 Å². The molecule has 3 aliphatic rings. The number of nitrogens with zero attached hydrogens (tertiary/aromatic N) is 4. The maximum Gasteiger partial charge on any atom is 0.342 e. The van der Waals surface area contributed by atoms with Gasteiger partial charge >= 0.3 is 5.92 Å². The Morgan fingerprint density at radius 1 is 1.27 bits per heavy atom. The van der Waals surface area contributed by atoms with Crippen molar-refractivity contribution in [1.82, 2.24) is 15.3 Å². The first kappa shape index (κ1) is 28.0. The molecule has 0 atom stereocenters. The third-order valence-corrected chi connectivity index (χ3v) is 8.57. The van der Waals surface area contributed by atoms with Gasteiger partial charge in [0.05, 0.1) is 25.5 Å². The highest BCUT2D eigenvalue weighted by atomic mass is 19.3. The lowest BCUT2D eigenvalue weighted by atomic mass is 9.56. The summed E-state index contributed by atoms with van der Waals surface area (Å²) in [6, 6.07) is 2.99. The first-order chi connectivity index (χ1) is 18.9. The van der Waals surface area contributed by atoms with E-state index in [1.165, 1.54) is 38.1 Å². The number of benzene rings is 1. The normalized spacial score (nSPS) is 20.2. The minimum absolute atomic E-state index is 0.142. The summed E-state index contributed by atoms with van der Waals surface area (Å²) in [6.45, 7) is 4.81. The SMILES string of the molecule is COc1c(Nc2ncc3c(n2)N(C(C)C)CC(F)(F)C(=O)N3C)ccc(C(N)=O)c1CC1CC2(CCNCC2)C1. The minimum Gasteiger partial charge on any atom is -0.494 e. The molecule has 1 saturated carbocycles. The van der Waals surface area contributed by atoms with Crippen molar-refractivity contribution in [3.05, 3.63) is 29.5 Å². The highest BCUT2D eigenvalue weighted by Gasteiger charge is 2.48. The topological polar surface area (TPSA) is 126 Å². The molecule has 2 fully saturated rings. The lowest BCUT2D eigenvalue weighted by molar-refractivity contribution is -0.140. The Balaban J connectivity index is 1.46. The first-order valence-corrected chi connectivity index (χ1v) is 13.7. The number of primary amides is 1. The van der Waals surface area contributed by atoms with Crippen LogP contribution in [0.5, 0.6) is 5.75 Å². The van der Waals surface area contributed by atoms with E-state index in [9.17, 15) is 18.4 Å². The van der Waals surface area contributed by atoms with E-state index < -0.39 is 24.3 Å². The second-order valence-electron chi connectivity index (χ2n) is 11.6. The van der Waals surface area contributed by atoms with Gasteiger partial charge in [-0.3, -0.25) is 9.59 Å². The molecule has 1 spiro atoms. The molecule has 1 aromatic heterocycles. The first-order valence-electron chi connectivity index (χ1n) is 13.7. The van der Waals surface area contributed by atoms with E-state index in [4.69, 9.17) is 10.5 Å². The Morgan fingerprint density at radius 2 is 1.98 bits per heavy atom. The summed E-state index contributed by atoms with van der Waals surface area (Å²) in [4.78, 5) is 36.0. The molecular weight excluding hydrogens is 520 g/mol. The molecule has 216 valence electrons. The number of methoxy groups -OCH3 is 1. The van der Waals surface area contributed by atoms with Crippen molar-refractivity contribution in [1.29, 1.82) is 0 Å². The lowest BCUT2D eigenvalue weighted by Crippen LogP contribution is -2.47. The molecule has 0 radical (unpaired) electrons. The highest BCUT2D eigenvalue weighted by molar-refractivity contribution is 6.02. The Labute approximate surface area is 232 Å². The van der Waals surface area contributed by atoms with Gasteiger partial charge in [0.1, 0.15) is 11.4 Å². The van der Waals surface area contributed by atoms with Gasteiger partial charge in [0, 0.05) is 24.2 Å². The van der Waals surface area contributed by atoms with Crippen LogP contribution in [0.25, 0.3) is 0 Å². The van der Waals surface area contributed by atoms with Crippen molar-refractivity contribution < 1.29 is 23.1 Å². The molecule has 10 nitrogen and oxygen atoms in total. The average molecular weight is 558 g/mol. The number of nitrogens with two attached hydrogens (primary N) is 1. The third kappa shape index (κ3) is 5.04. The number of fused-ring (bicyclic) bond motifs is 1. The van der Waals surface area contributed by atoms with E-state index in [1.54, 1.807) is 26.0 Å². The fourth-order valence-electron chi connectivity index (χ4n) is 6.49. The quantitative estimate of drug-likeness (QED) is 0.473. The number of rotatable bonds is 7. The van der Waals surface area contributed by atoms with Gasteiger partial charge < -0.3 is 30.9 Å². The van der Waals surface area contributed by atoms with Crippen LogP contribution in [-0.4, -0.2) is 67.5 Å². The van der Waals surface area contributed by atoms with Crippen molar-refractivity contribution in [2.24, 2.45) is 17.1 Å². The molecule has 1 aromatic carbocycles. The van der Waals surface area contributed by atoms with E-state index in [1.807, 2.05) is 0 Å². The largest absolute Gasteiger partial charge is 0.494 e. The fraction of sp³-hybridized carbons (Fsp3) is 0.571. The number of hydrogen-bond acceptors (Lipinski definition) is 8. The van der Waals surface area contributed by atoms with Crippen molar-refractivity contribution in [3.63, 3.8) is 0 Å². The highest BCUT2D eigenvalue weighted by Crippen LogP contribution is 2.53. The molecule has 1 saturated heterocycles. The lowest BCUT2D eigenvalue weighted by Gasteiger charge is -2.51. The summed E-state index contributed by atoms with van der Waals surface area (Å²) in [5.74, 6) is -4.17. The second kappa shape index (κ2) is 10.5. The predicted molar refractivity (Wildman–Crippen MR) is 149 cm³/mol. The molecule has 12 heteroatoms. The predicted octanol–water partition coefficient (Wildman–Crippen LogP) is 3.48. The summed E-state index contributed by atoms with van der Waals surface area (Å²) >= 11 is 0. The zero-order valence-electron chi connectivity index (χ0n) is 23.4. The smallest absolute Gasteiger partial charge is 0.342 e. The standard InChI is InChI=1S/C28H37F2N7O3/c1-16(2)37-15-28(29,30)25(39)36(3)21-14-33-26(35-24(21)37)34-20-6-5-18(23(31)38)19(22(20)40-4)11-17-12-27(13-17)7-9-32-10-8-27/h5-6,14,16-17,32H,7-13,15H2,1-4H3,(H2,31,38)(H,33,34,35). The van der Waals surface area contributed by atoms with Gasteiger partial charge in [-0.2, -0.15) is 13.8 Å². The van der Waals surface area contributed by atoms with Crippen LogP contribution in [0.15, 0.2) is 18.3 Å². The fourth-order valence-corrected chi connectivity index (χ4v) is 6.49. The summed E-state index contributed by atoms with van der Waals surface area (Å²) in [5.41, 5.74) is 7.99. The molecule has 2 aromatic rings. The van der Waals surface area contributed by atoms with Gasteiger partial charge in [-0.15, -0.1) is 0 Å². The minimum atomic E-state index is -3.58. The van der Waals surface area contributed by atoms with Gasteiger partial charge in [-0.1, -0.05) is 0 Å². The molecule has 1 aliphatic carbocycles. The number of aromatic nitrogens is 2. The average Bonchev–Trinajstić information content (AvgIpc) is 2.97. The van der Waals surface area contributed by atoms with Gasteiger partial charge in [0.25, 0.3) is 5.91 Å². The number of carbonyl (C=O) groups excluding carboxylic acids is 2. The number of halogens is 2. The molecule has 0 unspecified atom stereocenters. The van der Waals surface area contributed by atoms with Crippen molar-refractivity contribution in [2.75, 3.05) is 48.9 Å². The summed E-state index contributed by atoms with van der Waals surface area (Å²) < 4.78 is 35.2. The molecule has 5 rings (SSSR count). The zero-order valence-corrected chi connectivity index (χ0v) is 23.4. The number of amides is 2. The molecule has 2 aliphatic heterocycles. The number of ether oxygens (including phenoxy) is 1. The summed E-state index contributed by atoms with van der Waals surface area (Å²) in [6.07, 6.45) is 6.55. The van der Waals surface area contributed by atoms with E-state index in [0.29, 0.717) is 34.8 Å². The molecule has 3 heterocycles. The van der Waals surface area contributed by atoms with Crippen LogP contribution in [0.1, 0.15) is 55.5 Å². The maximum absolute atomic E-state index is 14.7. The maximum atomic E-state index is 14.7. The van der Waals surface area contributed by atoms with Gasteiger partial charge in [-0.05, 0) is 82.5 Å². The van der Waals surface area contributed by atoms with Crippen LogP contribution >= 0.6 is 0 Å². The molecule has 2 amide bonds. The van der Waals surface area contributed by atoms with E-state index in [0.717, 1.165) is 36.4 Å². The van der Waals surface area contributed by atoms with E-state index >= 15 is 0 Å². The van der Waals surface area contributed by atoms with Crippen LogP contribution in [0.4, 0.5) is 31.9 Å². The summed E-state index contributed by atoms with van der Waals surface area (Å²) in [5, 5.41) is 6.57. The van der Waals surface area contributed by atoms with Crippen LogP contribution in [-0.2, 0) is 11.2 Å². The molecule has 40 heavy (non-hydrogen) atoms. The van der Waals surface area contributed by atoms with Crippen LogP contribution in [0.3, 0.4) is 0 Å². The Kier molecular flexibility index (Phi) is 7.32. The number of nitrogens with one attached hydrogen (secondary N) is 2. The van der Waals surface area contributed by atoms with Crippen molar-refractivity contribution in [2.45, 2.75) is 57.9 Å². The van der Waals surface area contributed by atoms with E-state index in [-0.39, 0.29) is 23.5 Å². The molecular formula is C28H37F2N7O3. The number of alkyl halides is 2. The third-order valence-electron chi connectivity index (χ3n) is 8.57. The molecule has 4 N–H and O–H groups in total. The van der Waals surface area contributed by atoms with Crippen molar-refractivity contribution in [3.8, 4) is 5.75 Å². The number of anilines is 4. The Bertz CT molecular complexity index is 1310. The summed E-state index contributed by atoms with van der Waals surface area (Å²) in [7, 11) is 2.83. The number of hydrogen-bond donors (Lipinski definition) is 3. The number of carbonyl (C=O) groups is 2.